The molecule has 2 aromatic rings. The largest absolute Gasteiger partial charge is 0.466 e. The van der Waals surface area contributed by atoms with E-state index >= 15 is 0 Å². The van der Waals surface area contributed by atoms with Gasteiger partial charge in [-0.15, -0.1) is 0 Å². The molecule has 1 spiro atoms. The van der Waals surface area contributed by atoms with E-state index in [1.165, 1.54) is 0 Å². The summed E-state index contributed by atoms with van der Waals surface area (Å²) in [6.07, 6.45) is 0. The van der Waals surface area contributed by atoms with Gasteiger partial charge < -0.3 is 10.1 Å². The number of hydrogen-bond acceptors (Lipinski definition) is 4. The van der Waals surface area contributed by atoms with E-state index in [0.717, 1.165) is 0 Å². The fraction of sp³-hybridized carbons (Fsp3) is 0.250. The smallest absolute Gasteiger partial charge is 0.311 e. The average molecular weight is 335 g/mol. The van der Waals surface area contributed by atoms with Crippen molar-refractivity contribution in [1.82, 2.24) is 0 Å². The number of amides is 1. The Morgan fingerprint density at radius 1 is 1.04 bits per heavy atom. The minimum Gasteiger partial charge on any atom is -0.466 e. The predicted molar refractivity (Wildman–Crippen MR) is 91.1 cm³/mol. The molecule has 4 rings (SSSR count). The molecule has 2 aromatic carbocycles. The molecule has 5 nitrogen and oxygen atoms in total. The molecule has 1 fully saturated rings. The lowest BCUT2D eigenvalue weighted by Gasteiger charge is -2.08. The summed E-state index contributed by atoms with van der Waals surface area (Å²) in [6.45, 7) is 1.92. The van der Waals surface area contributed by atoms with Crippen molar-refractivity contribution in [1.29, 1.82) is 0 Å². The summed E-state index contributed by atoms with van der Waals surface area (Å²) in [7, 11) is 0. The molecule has 0 aromatic heterocycles. The van der Waals surface area contributed by atoms with Gasteiger partial charge in [-0.05, 0) is 18.6 Å². The highest BCUT2D eigenvalue weighted by Gasteiger charge is 2.79. The summed E-state index contributed by atoms with van der Waals surface area (Å²) in [5.74, 6) is -2.53. The van der Waals surface area contributed by atoms with Crippen molar-refractivity contribution < 1.29 is 19.1 Å². The number of hydrogen-bond donors (Lipinski definition) is 1. The zero-order valence-corrected chi connectivity index (χ0v) is 13.7. The van der Waals surface area contributed by atoms with Crippen LogP contribution < -0.4 is 5.32 Å². The second-order valence-corrected chi connectivity index (χ2v) is 6.31. The standard InChI is InChI=1S/C20H17NO4/c1-2-25-18(23)16-15(17(22)12-8-4-3-5-9-12)20(16)13-10-6-7-11-14(13)21-19(20)24/h3-11,15-16H,2H2,1H3,(H,21,24)/t15-,16-,20+/m1/s1. The third-order valence-electron chi connectivity index (χ3n) is 5.08. The Kier molecular flexibility index (Phi) is 3.46. The number of benzene rings is 2. The molecule has 1 amide bonds. The zero-order chi connectivity index (χ0) is 17.6. The van der Waals surface area contributed by atoms with E-state index < -0.39 is 23.2 Å². The predicted octanol–water partition coefficient (Wildman–Crippen LogP) is 2.57. The lowest BCUT2D eigenvalue weighted by molar-refractivity contribution is -0.146. The SMILES string of the molecule is CCOC(=O)[C@H]1[C@H](C(=O)c2ccccc2)[C@]12C(=O)Nc1ccccc12. The Morgan fingerprint density at radius 2 is 1.72 bits per heavy atom. The molecule has 1 aliphatic carbocycles. The van der Waals surface area contributed by atoms with Crippen molar-refractivity contribution in [2.24, 2.45) is 11.8 Å². The van der Waals surface area contributed by atoms with E-state index in [0.29, 0.717) is 16.8 Å². The lowest BCUT2D eigenvalue weighted by atomic mass is 9.91. The van der Waals surface area contributed by atoms with Crippen LogP contribution >= 0.6 is 0 Å². The molecule has 5 heteroatoms. The van der Waals surface area contributed by atoms with Crippen LogP contribution in [0.15, 0.2) is 54.6 Å². The normalized spacial score (nSPS) is 26.0. The fourth-order valence-corrected chi connectivity index (χ4v) is 4.00. The van der Waals surface area contributed by atoms with E-state index in [1.54, 1.807) is 43.3 Å². The molecular formula is C20H17NO4. The molecule has 0 unspecified atom stereocenters. The number of rotatable bonds is 4. The van der Waals surface area contributed by atoms with Crippen LogP contribution in [0.1, 0.15) is 22.8 Å². The van der Waals surface area contributed by atoms with Crippen molar-refractivity contribution in [3.8, 4) is 0 Å². The Balaban J connectivity index is 1.81. The van der Waals surface area contributed by atoms with E-state index in [9.17, 15) is 14.4 Å². The van der Waals surface area contributed by atoms with Gasteiger partial charge in [0.2, 0.25) is 5.91 Å². The maximum absolute atomic E-state index is 13.1. The van der Waals surface area contributed by atoms with Gasteiger partial charge in [0.15, 0.2) is 5.78 Å². The van der Waals surface area contributed by atoms with E-state index in [1.807, 2.05) is 18.2 Å². The first-order valence-corrected chi connectivity index (χ1v) is 8.29. The third-order valence-corrected chi connectivity index (χ3v) is 5.08. The Bertz CT molecular complexity index is 876. The fourth-order valence-electron chi connectivity index (χ4n) is 4.00. The summed E-state index contributed by atoms with van der Waals surface area (Å²) in [5, 5.41) is 2.81. The quantitative estimate of drug-likeness (QED) is 0.688. The minimum absolute atomic E-state index is 0.203. The van der Waals surface area contributed by atoms with Gasteiger partial charge in [0.1, 0.15) is 5.41 Å². The van der Waals surface area contributed by atoms with Crippen LogP contribution in [0.2, 0.25) is 0 Å². The van der Waals surface area contributed by atoms with E-state index in [4.69, 9.17) is 4.74 Å². The van der Waals surface area contributed by atoms with Crippen molar-refractivity contribution in [2.75, 3.05) is 11.9 Å². The summed E-state index contributed by atoms with van der Waals surface area (Å²) in [6, 6.07) is 16.0. The van der Waals surface area contributed by atoms with Gasteiger partial charge in [-0.2, -0.15) is 0 Å². The molecule has 1 saturated carbocycles. The molecule has 1 N–H and O–H groups in total. The van der Waals surface area contributed by atoms with Crippen LogP contribution in [0.25, 0.3) is 0 Å². The second-order valence-electron chi connectivity index (χ2n) is 6.31. The van der Waals surface area contributed by atoms with Crippen molar-refractivity contribution in [3.63, 3.8) is 0 Å². The molecule has 1 heterocycles. The number of ether oxygens (including phenoxy) is 1. The molecule has 25 heavy (non-hydrogen) atoms. The first kappa shape index (κ1) is 15.6. The first-order valence-electron chi connectivity index (χ1n) is 8.29. The van der Waals surface area contributed by atoms with E-state index in [-0.39, 0.29) is 18.3 Å². The number of esters is 1. The van der Waals surface area contributed by atoms with Gasteiger partial charge in [0.25, 0.3) is 0 Å². The Morgan fingerprint density at radius 3 is 2.44 bits per heavy atom. The van der Waals surface area contributed by atoms with Crippen LogP contribution in [0.3, 0.4) is 0 Å². The molecule has 126 valence electrons. The number of carbonyl (C=O) groups is 3. The maximum Gasteiger partial charge on any atom is 0.311 e. The monoisotopic (exact) mass is 335 g/mol. The maximum atomic E-state index is 13.1. The molecular weight excluding hydrogens is 318 g/mol. The Hall–Kier alpha value is -2.95. The highest BCUT2D eigenvalue weighted by Crippen LogP contribution is 2.65. The topological polar surface area (TPSA) is 72.5 Å². The summed E-state index contributed by atoms with van der Waals surface area (Å²) in [5.41, 5.74) is 0.698. The highest BCUT2D eigenvalue weighted by molar-refractivity contribution is 6.20. The number of para-hydroxylation sites is 1. The van der Waals surface area contributed by atoms with Crippen LogP contribution in [0, 0.1) is 11.8 Å². The van der Waals surface area contributed by atoms with Crippen LogP contribution in [-0.4, -0.2) is 24.3 Å². The van der Waals surface area contributed by atoms with Crippen LogP contribution in [-0.2, 0) is 19.7 Å². The summed E-state index contributed by atoms with van der Waals surface area (Å²) in [4.78, 5) is 38.4. The second kappa shape index (κ2) is 5.55. The van der Waals surface area contributed by atoms with Gasteiger partial charge in [0, 0.05) is 11.3 Å². The van der Waals surface area contributed by atoms with Gasteiger partial charge in [-0.1, -0.05) is 48.5 Å². The molecule has 0 saturated heterocycles. The number of nitrogens with one attached hydrogen (secondary N) is 1. The van der Waals surface area contributed by atoms with Gasteiger partial charge in [-0.3, -0.25) is 14.4 Å². The van der Waals surface area contributed by atoms with Crippen molar-refractivity contribution in [2.45, 2.75) is 12.3 Å². The zero-order valence-electron chi connectivity index (χ0n) is 13.7. The molecule has 3 atom stereocenters. The summed E-state index contributed by atoms with van der Waals surface area (Å²) < 4.78 is 5.16. The number of Topliss-reactive ketones (excluding diaryl/α,β-unsaturated/α-hetero) is 1. The average Bonchev–Trinajstić information content (AvgIpc) is 3.25. The van der Waals surface area contributed by atoms with Crippen LogP contribution in [0.5, 0.6) is 0 Å². The highest BCUT2D eigenvalue weighted by atomic mass is 16.5. The number of ketones is 1. The third kappa shape index (κ3) is 2.05. The molecule has 0 radical (unpaired) electrons. The lowest BCUT2D eigenvalue weighted by Crippen LogP contribution is -2.26. The molecule has 2 aliphatic rings. The van der Waals surface area contributed by atoms with Gasteiger partial charge in [-0.25, -0.2) is 0 Å². The first-order chi connectivity index (χ1) is 12.1. The molecule has 1 aliphatic heterocycles. The number of carbonyl (C=O) groups excluding carboxylic acids is 3. The molecule has 0 bridgehead atoms. The minimum atomic E-state index is -1.16. The van der Waals surface area contributed by atoms with Crippen molar-refractivity contribution in [3.05, 3.63) is 65.7 Å². The number of anilines is 1. The van der Waals surface area contributed by atoms with Crippen molar-refractivity contribution >= 4 is 23.3 Å². The number of fused-ring (bicyclic) bond motifs is 2. The van der Waals surface area contributed by atoms with Gasteiger partial charge >= 0.3 is 5.97 Å². The van der Waals surface area contributed by atoms with Gasteiger partial charge in [0.05, 0.1) is 18.4 Å². The van der Waals surface area contributed by atoms with Crippen LogP contribution in [0.4, 0.5) is 5.69 Å². The summed E-state index contributed by atoms with van der Waals surface area (Å²) >= 11 is 0. The Labute approximate surface area is 145 Å². The van der Waals surface area contributed by atoms with E-state index in [2.05, 4.69) is 5.32 Å².